The van der Waals surface area contributed by atoms with Gasteiger partial charge in [-0.1, -0.05) is 42.1 Å². The van der Waals surface area contributed by atoms with Gasteiger partial charge >= 0.3 is 0 Å². The van der Waals surface area contributed by atoms with Crippen LogP contribution < -0.4 is 4.90 Å². The smallest absolute Gasteiger partial charge is 0.235 e. The normalized spacial score (nSPS) is 22.5. The second-order valence-electron chi connectivity index (χ2n) is 9.85. The van der Waals surface area contributed by atoms with E-state index in [0.29, 0.717) is 19.1 Å². The summed E-state index contributed by atoms with van der Waals surface area (Å²) in [5.74, 6) is 1.72. The van der Waals surface area contributed by atoms with Crippen LogP contribution >= 0.6 is 11.8 Å². The zero-order chi connectivity index (χ0) is 24.0. The lowest BCUT2D eigenvalue weighted by Gasteiger charge is -2.33. The van der Waals surface area contributed by atoms with Crippen molar-refractivity contribution in [3.63, 3.8) is 0 Å². The van der Waals surface area contributed by atoms with Gasteiger partial charge in [0.25, 0.3) is 0 Å². The molecular formula is C26H37N5O3S. The maximum absolute atomic E-state index is 13.3. The van der Waals surface area contributed by atoms with E-state index in [0.717, 1.165) is 82.5 Å². The number of amides is 1. The summed E-state index contributed by atoms with van der Waals surface area (Å²) in [5, 5.41) is 9.67. The molecule has 0 aliphatic carbocycles. The zero-order valence-corrected chi connectivity index (χ0v) is 21.5. The Labute approximate surface area is 212 Å². The highest BCUT2D eigenvalue weighted by Crippen LogP contribution is 2.30. The minimum atomic E-state index is -0.203. The summed E-state index contributed by atoms with van der Waals surface area (Å²) in [7, 11) is 0. The molecule has 8 nitrogen and oxygen atoms in total. The Bertz CT molecular complexity index is 951. The second kappa shape index (κ2) is 11.8. The topological polar surface area (TPSA) is 72.7 Å². The molecule has 0 bridgehead atoms. The molecule has 3 fully saturated rings. The summed E-state index contributed by atoms with van der Waals surface area (Å²) in [6.45, 7) is 8.23. The first-order valence-corrected chi connectivity index (χ1v) is 13.9. The second-order valence-corrected chi connectivity index (χ2v) is 11.2. The van der Waals surface area contributed by atoms with E-state index in [9.17, 15) is 4.79 Å². The molecular weight excluding hydrogens is 462 g/mol. The molecule has 5 rings (SSSR count). The number of anilines is 1. The Morgan fingerprint density at radius 1 is 1.06 bits per heavy atom. The predicted molar refractivity (Wildman–Crippen MR) is 137 cm³/mol. The van der Waals surface area contributed by atoms with E-state index >= 15 is 0 Å². The summed E-state index contributed by atoms with van der Waals surface area (Å²) >= 11 is 1.53. The Balaban J connectivity index is 1.20. The number of carbonyl (C=O) groups excluding carboxylic acids is 1. The number of hydrogen-bond donors (Lipinski definition) is 0. The van der Waals surface area contributed by atoms with Crippen LogP contribution in [0.1, 0.15) is 38.2 Å². The molecule has 190 valence electrons. The van der Waals surface area contributed by atoms with Crippen molar-refractivity contribution in [2.24, 2.45) is 5.92 Å². The zero-order valence-electron chi connectivity index (χ0n) is 20.7. The van der Waals surface area contributed by atoms with Crippen LogP contribution in [0.3, 0.4) is 0 Å². The van der Waals surface area contributed by atoms with Crippen LogP contribution in [0, 0.1) is 5.92 Å². The molecule has 0 radical (unpaired) electrons. The monoisotopic (exact) mass is 499 g/mol. The molecule has 4 heterocycles. The van der Waals surface area contributed by atoms with Gasteiger partial charge in [0.05, 0.1) is 31.1 Å². The van der Waals surface area contributed by atoms with Gasteiger partial charge in [-0.15, -0.1) is 10.2 Å². The average Bonchev–Trinajstić information content (AvgIpc) is 3.56. The van der Waals surface area contributed by atoms with Crippen molar-refractivity contribution in [2.75, 3.05) is 50.9 Å². The minimum absolute atomic E-state index is 0.180. The van der Waals surface area contributed by atoms with E-state index < -0.39 is 0 Å². The van der Waals surface area contributed by atoms with Gasteiger partial charge < -0.3 is 19.3 Å². The summed E-state index contributed by atoms with van der Waals surface area (Å²) in [6.07, 6.45) is 5.56. The fraction of sp³-hybridized carbons (Fsp3) is 0.654. The highest BCUT2D eigenvalue weighted by Gasteiger charge is 2.30. The number of thioether (sulfide) groups is 1. The number of nitrogens with zero attached hydrogens (tertiary/aromatic N) is 5. The molecule has 0 spiro atoms. The molecule has 1 amide bonds. The van der Waals surface area contributed by atoms with Gasteiger partial charge in [0.1, 0.15) is 0 Å². The standard InChI is InChI=1S/C26H37N5O3S/c1-20(24(32)29-11-9-22(10-12-29)18-21-6-3-2-4-7-21)35-26-28-27-25(30-13-16-33-17-14-30)31(26)19-23-8-5-15-34-23/h2-4,6-7,20,22-23H,5,8-19H2,1H3/t20-,23-/m1/s1. The highest BCUT2D eigenvalue weighted by atomic mass is 32.2. The van der Waals surface area contributed by atoms with Crippen LogP contribution in [-0.4, -0.2) is 82.9 Å². The van der Waals surface area contributed by atoms with Crippen molar-refractivity contribution in [1.82, 2.24) is 19.7 Å². The number of rotatable bonds is 8. The molecule has 1 aromatic heterocycles. The van der Waals surface area contributed by atoms with Gasteiger partial charge in [-0.2, -0.15) is 0 Å². The molecule has 3 saturated heterocycles. The van der Waals surface area contributed by atoms with E-state index in [-0.39, 0.29) is 17.3 Å². The molecule has 9 heteroatoms. The third kappa shape index (κ3) is 6.19. The molecule has 1 aromatic carbocycles. The number of aromatic nitrogens is 3. The van der Waals surface area contributed by atoms with E-state index in [1.54, 1.807) is 0 Å². The van der Waals surface area contributed by atoms with Crippen molar-refractivity contribution >= 4 is 23.6 Å². The number of carbonyl (C=O) groups is 1. The maximum atomic E-state index is 13.3. The molecule has 3 aliphatic rings. The Hall–Kier alpha value is -2.10. The summed E-state index contributed by atoms with van der Waals surface area (Å²) in [5.41, 5.74) is 1.39. The Kier molecular flexibility index (Phi) is 8.26. The van der Waals surface area contributed by atoms with Crippen LogP contribution in [0.2, 0.25) is 0 Å². The van der Waals surface area contributed by atoms with Gasteiger partial charge in [0.15, 0.2) is 5.16 Å². The van der Waals surface area contributed by atoms with Crippen molar-refractivity contribution in [3.05, 3.63) is 35.9 Å². The highest BCUT2D eigenvalue weighted by molar-refractivity contribution is 8.00. The number of piperidine rings is 1. The maximum Gasteiger partial charge on any atom is 0.235 e. The van der Waals surface area contributed by atoms with Gasteiger partial charge in [0.2, 0.25) is 11.9 Å². The molecule has 35 heavy (non-hydrogen) atoms. The molecule has 2 aromatic rings. The third-order valence-electron chi connectivity index (χ3n) is 7.32. The summed E-state index contributed by atoms with van der Waals surface area (Å²) in [6, 6.07) is 10.7. The van der Waals surface area contributed by atoms with Crippen LogP contribution in [0.5, 0.6) is 0 Å². The molecule has 0 N–H and O–H groups in total. The van der Waals surface area contributed by atoms with Gasteiger partial charge in [-0.05, 0) is 50.5 Å². The van der Waals surface area contributed by atoms with Crippen LogP contribution in [0.15, 0.2) is 35.5 Å². The lowest BCUT2D eigenvalue weighted by Crippen LogP contribution is -2.42. The Morgan fingerprint density at radius 3 is 2.54 bits per heavy atom. The van der Waals surface area contributed by atoms with E-state index in [4.69, 9.17) is 9.47 Å². The summed E-state index contributed by atoms with van der Waals surface area (Å²) < 4.78 is 13.6. The Morgan fingerprint density at radius 2 is 1.83 bits per heavy atom. The first-order valence-electron chi connectivity index (χ1n) is 13.0. The molecule has 3 aliphatic heterocycles. The van der Waals surface area contributed by atoms with E-state index in [2.05, 4.69) is 50.0 Å². The fourth-order valence-corrected chi connectivity index (χ4v) is 6.23. The van der Waals surface area contributed by atoms with Crippen LogP contribution in [-0.2, 0) is 27.2 Å². The minimum Gasteiger partial charge on any atom is -0.378 e. The van der Waals surface area contributed by atoms with Crippen LogP contribution in [0.25, 0.3) is 0 Å². The van der Waals surface area contributed by atoms with Crippen molar-refractivity contribution in [2.45, 2.75) is 62.1 Å². The molecule has 0 saturated carbocycles. The quantitative estimate of drug-likeness (QED) is 0.516. The largest absolute Gasteiger partial charge is 0.378 e. The predicted octanol–water partition coefficient (Wildman–Crippen LogP) is 3.26. The molecule has 2 atom stereocenters. The van der Waals surface area contributed by atoms with Crippen molar-refractivity contribution in [3.8, 4) is 0 Å². The lowest BCUT2D eigenvalue weighted by atomic mass is 9.90. The van der Waals surface area contributed by atoms with Crippen LogP contribution in [0.4, 0.5) is 5.95 Å². The van der Waals surface area contributed by atoms with E-state index in [1.165, 1.54) is 17.3 Å². The number of likely N-dealkylation sites (tertiary alicyclic amines) is 1. The summed E-state index contributed by atoms with van der Waals surface area (Å²) in [4.78, 5) is 17.6. The lowest BCUT2D eigenvalue weighted by molar-refractivity contribution is -0.131. The van der Waals surface area contributed by atoms with E-state index in [1.807, 2.05) is 11.8 Å². The first kappa shape index (κ1) is 24.6. The SMILES string of the molecule is C[C@@H](Sc1nnc(N2CCOCC2)n1C[C@H]1CCCO1)C(=O)N1CCC(Cc2ccccc2)CC1. The van der Waals surface area contributed by atoms with Gasteiger partial charge in [-0.3, -0.25) is 9.36 Å². The first-order chi connectivity index (χ1) is 17.2. The van der Waals surface area contributed by atoms with Gasteiger partial charge in [0, 0.05) is 32.8 Å². The van der Waals surface area contributed by atoms with Gasteiger partial charge in [-0.25, -0.2) is 0 Å². The third-order valence-corrected chi connectivity index (χ3v) is 8.39. The fourth-order valence-electron chi connectivity index (χ4n) is 5.29. The van der Waals surface area contributed by atoms with Crippen molar-refractivity contribution < 1.29 is 14.3 Å². The average molecular weight is 500 g/mol. The number of ether oxygens (including phenoxy) is 2. The van der Waals surface area contributed by atoms with Crippen molar-refractivity contribution in [1.29, 1.82) is 0 Å². The number of morpholine rings is 1. The number of hydrogen-bond acceptors (Lipinski definition) is 7. The molecule has 0 unspecified atom stereocenters. The number of benzene rings is 1.